The Labute approximate surface area is 770 Å². The maximum Gasteiger partial charge on any atom is 0.304 e. The third-order valence-electron chi connectivity index (χ3n) is 22.9. The molecule has 3 aromatic carbocycles. The molecule has 4 rings (SSSR count). The van der Waals surface area contributed by atoms with Crippen LogP contribution in [0, 0.1) is 53.3 Å². The fourth-order valence-electron chi connectivity index (χ4n) is 15.0. The lowest BCUT2D eigenvalue weighted by Crippen LogP contribution is -2.52. The van der Waals surface area contributed by atoms with Crippen molar-refractivity contribution in [1.29, 1.82) is 0 Å². The summed E-state index contributed by atoms with van der Waals surface area (Å²) >= 11 is 0.943. The number of hydrogen-bond donors (Lipinski definition) is 17. The van der Waals surface area contributed by atoms with E-state index in [1.165, 1.54) is 48.5 Å². The molecule has 1 aliphatic rings. The Bertz CT molecular complexity index is 4420. The van der Waals surface area contributed by atoms with Crippen molar-refractivity contribution in [3.63, 3.8) is 0 Å². The number of carbonyl (C=O) groups excluding carboxylic acids is 17. The zero-order valence-corrected chi connectivity index (χ0v) is 76.7. The van der Waals surface area contributed by atoms with Gasteiger partial charge >= 0.3 is 17.9 Å². The molecule has 1 heterocycles. The number of nitrogens with one attached hydrogen (secondary N) is 7. The number of aromatic hydroxyl groups is 2. The van der Waals surface area contributed by atoms with Crippen LogP contribution >= 0.6 is 11.8 Å². The topological polar surface area (TPSA) is 637 Å². The van der Waals surface area contributed by atoms with Gasteiger partial charge in [0.25, 0.3) is 0 Å². The quantitative estimate of drug-likeness (QED) is 0.0285. The van der Waals surface area contributed by atoms with E-state index in [9.17, 15) is 142 Å². The SMILES string of the molecule is CC[C@H](C)[C@H](NC(=O)[C@H](CO)CC(=O)[C@H](Cc1ccc(O)cc1)NC(=O)[C@H](CC(=O)O)CC(=O)[C@H](CO)NC(=O)[C@@H](CC(=O)[C@H](Cc1ccccc1)NC(=O)[C@@H](CC(=O)CNC(=O)[C@H](CCC(=O)O)CC(=O)CSCC(=O)CCCN1C(=O)CCCC1=O)[C@@H](C)O)[C@@H](C)O)C(=O)C[C@@H](Cc1ccc(O)cc1)C(=O)N[C@@H](CC(C)C)C(=O)C[C@@H](CC(=O)O)C(=O)N[C@H](C)CCCCN. The predicted octanol–water partition coefficient (Wildman–Crippen LogP) is 2.60. The normalized spacial score (nSPS) is 15.8. The second kappa shape index (κ2) is 58.5. The number of aliphatic hydroxyl groups excluding tert-OH is 4. The minimum absolute atomic E-state index is 0.0196. The number of aliphatic hydroxyl groups is 4. The first-order valence-corrected chi connectivity index (χ1v) is 45.8. The van der Waals surface area contributed by atoms with Gasteiger partial charge in [-0.3, -0.25) is 101 Å². The van der Waals surface area contributed by atoms with Crippen LogP contribution in [0.5, 0.6) is 11.5 Å². The van der Waals surface area contributed by atoms with E-state index in [1.54, 1.807) is 65.0 Å². The molecule has 0 radical (unpaired) electrons. The molecule has 3 aromatic rings. The molecule has 0 aliphatic carbocycles. The van der Waals surface area contributed by atoms with Gasteiger partial charge in [0.15, 0.2) is 34.7 Å². The molecule has 39 heteroatoms. The van der Waals surface area contributed by atoms with E-state index in [4.69, 9.17) is 5.73 Å². The highest BCUT2D eigenvalue weighted by molar-refractivity contribution is 8.00. The number of carboxylic acid groups (broad SMARTS) is 3. The van der Waals surface area contributed by atoms with Crippen molar-refractivity contribution < 1.29 is 142 Å². The zero-order chi connectivity index (χ0) is 98.6. The summed E-state index contributed by atoms with van der Waals surface area (Å²) in [5, 5.41) is 111. The largest absolute Gasteiger partial charge is 0.508 e. The monoisotopic (exact) mass is 1870 g/mol. The summed E-state index contributed by atoms with van der Waals surface area (Å²) < 4.78 is 0. The average Bonchev–Trinajstić information content (AvgIpc) is 0.971. The number of Topliss-reactive ketones (excluding diaryl/α,β-unsaturated/α-hetero) is 8. The highest BCUT2D eigenvalue weighted by Crippen LogP contribution is 2.27. The van der Waals surface area contributed by atoms with Crippen LogP contribution in [0.25, 0.3) is 0 Å². The Morgan fingerprint density at radius 3 is 1.41 bits per heavy atom. The molecular formula is C93H131N9O29S. The molecule has 0 saturated carbocycles. The van der Waals surface area contributed by atoms with E-state index in [1.807, 2.05) is 0 Å². The summed E-state index contributed by atoms with van der Waals surface area (Å²) in [5.41, 5.74) is 6.76. The van der Waals surface area contributed by atoms with E-state index in [-0.39, 0.29) is 116 Å². The highest BCUT2D eigenvalue weighted by atomic mass is 32.2. The number of thioether (sulfide) groups is 1. The number of ketones is 8. The fourth-order valence-corrected chi connectivity index (χ4v) is 15.8. The lowest BCUT2D eigenvalue weighted by Gasteiger charge is -2.28. The van der Waals surface area contributed by atoms with E-state index in [0.717, 1.165) is 30.5 Å². The summed E-state index contributed by atoms with van der Waals surface area (Å²) in [5.74, 6) is -30.8. The number of amides is 9. The maximum atomic E-state index is 14.8. The molecular weight excluding hydrogens is 1740 g/mol. The molecule has 0 bridgehead atoms. The van der Waals surface area contributed by atoms with Gasteiger partial charge < -0.3 is 88.9 Å². The molecule has 38 nitrogen and oxygen atoms in total. The first-order valence-electron chi connectivity index (χ1n) is 44.6. The van der Waals surface area contributed by atoms with Crippen LogP contribution in [0.4, 0.5) is 0 Å². The fraction of sp³-hybridized carbons (Fsp3) is 0.591. The maximum absolute atomic E-state index is 14.8. The summed E-state index contributed by atoms with van der Waals surface area (Å²) in [6, 6.07) is 10.4. The molecule has 0 unspecified atom stereocenters. The lowest BCUT2D eigenvalue weighted by atomic mass is 9.85. The average molecular weight is 1870 g/mol. The number of nitrogens with zero attached hydrogens (tertiary/aromatic N) is 1. The molecule has 0 aromatic heterocycles. The number of benzene rings is 3. The Hall–Kier alpha value is -11.4. The molecule has 18 N–H and O–H groups in total. The van der Waals surface area contributed by atoms with Crippen LogP contribution in [-0.4, -0.2) is 261 Å². The van der Waals surface area contributed by atoms with Gasteiger partial charge in [0.1, 0.15) is 29.1 Å². The van der Waals surface area contributed by atoms with Gasteiger partial charge in [-0.2, -0.15) is 0 Å². The van der Waals surface area contributed by atoms with Crippen LogP contribution in [0.2, 0.25) is 0 Å². The van der Waals surface area contributed by atoms with Gasteiger partial charge in [0.05, 0.1) is 110 Å². The van der Waals surface area contributed by atoms with Gasteiger partial charge in [-0.05, 0) is 138 Å². The molecule has 728 valence electrons. The van der Waals surface area contributed by atoms with Gasteiger partial charge in [0, 0.05) is 95.1 Å². The van der Waals surface area contributed by atoms with Crippen LogP contribution in [-0.2, 0) is 115 Å². The molecule has 1 aliphatic heterocycles. The number of unbranched alkanes of at least 4 members (excludes halogenated alkanes) is 1. The van der Waals surface area contributed by atoms with Gasteiger partial charge in [-0.15, -0.1) is 11.8 Å². The Morgan fingerprint density at radius 2 is 0.894 bits per heavy atom. The number of carboxylic acids is 3. The summed E-state index contributed by atoms with van der Waals surface area (Å²) in [7, 11) is 0. The second-order valence-corrected chi connectivity index (χ2v) is 35.5. The highest BCUT2D eigenvalue weighted by Gasteiger charge is 2.41. The zero-order valence-electron chi connectivity index (χ0n) is 75.9. The number of rotatable bonds is 67. The van der Waals surface area contributed by atoms with Gasteiger partial charge in [-0.25, -0.2) is 0 Å². The molecule has 9 amide bonds. The van der Waals surface area contributed by atoms with Crippen molar-refractivity contribution >= 4 is 129 Å². The summed E-state index contributed by atoms with van der Waals surface area (Å²) in [6.45, 7) is 8.20. The number of carbonyl (C=O) groups is 20. The smallest absolute Gasteiger partial charge is 0.304 e. The summed E-state index contributed by atoms with van der Waals surface area (Å²) in [4.78, 5) is 273. The number of nitrogens with two attached hydrogens (primary N) is 1. The van der Waals surface area contributed by atoms with E-state index in [2.05, 4.69) is 37.2 Å². The summed E-state index contributed by atoms with van der Waals surface area (Å²) in [6.07, 6.45) is -9.09. The van der Waals surface area contributed by atoms with Crippen LogP contribution in [0.1, 0.15) is 200 Å². The Balaban J connectivity index is 1.52. The number of phenols is 2. The Morgan fingerprint density at radius 1 is 0.432 bits per heavy atom. The third kappa shape index (κ3) is 41.2. The minimum atomic E-state index is -2.00. The van der Waals surface area contributed by atoms with E-state index < -0.39 is 286 Å². The number of hydrogen-bond acceptors (Lipinski definition) is 28. The van der Waals surface area contributed by atoms with Crippen molar-refractivity contribution in [3.05, 3.63) is 95.6 Å². The van der Waals surface area contributed by atoms with Crippen molar-refractivity contribution in [2.75, 3.05) is 44.4 Å². The molecule has 1 fully saturated rings. The van der Waals surface area contributed by atoms with Crippen LogP contribution < -0.4 is 43.0 Å². The number of imide groups is 1. The van der Waals surface area contributed by atoms with Crippen molar-refractivity contribution in [1.82, 2.24) is 42.1 Å². The predicted molar refractivity (Wildman–Crippen MR) is 479 cm³/mol. The van der Waals surface area contributed by atoms with Crippen LogP contribution in [0.15, 0.2) is 78.9 Å². The molecule has 16 atom stereocenters. The molecule has 132 heavy (non-hydrogen) atoms. The number of phenolic OH excluding ortho intramolecular Hbond substituents is 2. The first kappa shape index (κ1) is 113. The van der Waals surface area contributed by atoms with E-state index >= 15 is 0 Å². The molecule has 1 saturated heterocycles. The first-order chi connectivity index (χ1) is 62.4. The third-order valence-corrected chi connectivity index (χ3v) is 24.0. The Kier molecular flexibility index (Phi) is 50.0. The van der Waals surface area contributed by atoms with Crippen molar-refractivity contribution in [2.45, 2.75) is 251 Å². The number of aliphatic carboxylic acids is 3. The number of piperidine rings is 1. The van der Waals surface area contributed by atoms with Gasteiger partial charge in [-0.1, -0.05) is 95.1 Å². The standard InChI is InChI=1S/C93H131N9O29S/c1-8-53(4)86(80(116)41-61(35-58-22-27-65(107)28-23-58)89(127)97-72(34-52(2)3)76(112)39-62(43-84(121)122)88(126)96-54(5)16-12-13-32-94)101-91(129)64(48-103)42-77(113)73(37-59-24-29-66(108)30-25-59)98-90(128)63(44-85(123)124)40-78(114)75(49-104)100-93(131)71(56(7)106)46-79(115)74(36-57-17-10-9-11-18-57)99-92(130)70(55(6)105)45-68(110)47-95-87(125)60(26-31-83(119)120)38-69(111)51-132-50-67(109)19-15-33-102-81(117)20-14-21-82(102)118/h9-11,17-18,22-25,27-30,52-56,60-64,70-75,86,103-108H,8,12-16,19-21,26,31-51,94H2,1-7H3,(H,95,125)(H,96,126)(H,97,127)(H,98,128)(H,99,130)(H,100,131)(H,101,129)(H,119,120)(H,121,122)(H,123,124)/t53-,54+,55+,56+,60+,61+,62-,63-,64-,70-,71-,72-,73-,74-,75-,86-/m0/s1. The van der Waals surface area contributed by atoms with E-state index in [0.29, 0.717) is 43.4 Å². The van der Waals surface area contributed by atoms with Crippen molar-refractivity contribution in [2.24, 2.45) is 59.0 Å². The minimum Gasteiger partial charge on any atom is -0.508 e. The lowest BCUT2D eigenvalue weighted by molar-refractivity contribution is -0.148. The molecule has 0 spiro atoms. The second-order valence-electron chi connectivity index (χ2n) is 34.5. The van der Waals surface area contributed by atoms with Crippen LogP contribution in [0.3, 0.4) is 0 Å². The number of likely N-dealkylation sites (tertiary alicyclic amines) is 1. The van der Waals surface area contributed by atoms with Crippen molar-refractivity contribution in [3.8, 4) is 11.5 Å². The van der Waals surface area contributed by atoms with Gasteiger partial charge in [0.2, 0.25) is 53.2 Å².